The van der Waals surface area contributed by atoms with E-state index in [0.717, 1.165) is 17.3 Å². The van der Waals surface area contributed by atoms with Crippen molar-refractivity contribution in [2.45, 2.75) is 6.42 Å². The molecule has 0 amide bonds. The van der Waals surface area contributed by atoms with Gasteiger partial charge < -0.3 is 5.73 Å². The molecule has 0 saturated heterocycles. The molecule has 1 atom stereocenters. The van der Waals surface area contributed by atoms with Gasteiger partial charge in [0, 0.05) is 16.8 Å². The quantitative estimate of drug-likeness (QED) is 0.728. The number of hydrogen-bond acceptors (Lipinski definition) is 1. The molecule has 0 saturated carbocycles. The summed E-state index contributed by atoms with van der Waals surface area (Å²) < 4.78 is 0. The fourth-order valence-electron chi connectivity index (χ4n) is 4.19. The van der Waals surface area contributed by atoms with E-state index in [2.05, 4.69) is 85.0 Å². The van der Waals surface area contributed by atoms with Crippen LogP contribution in [0, 0.1) is 5.92 Å². The minimum absolute atomic E-state index is 0.334. The van der Waals surface area contributed by atoms with Crippen LogP contribution in [0.15, 0.2) is 90.5 Å². The summed E-state index contributed by atoms with van der Waals surface area (Å²) in [5.74, 6) is 0.334. The molecule has 0 fully saturated rings. The molecule has 0 aromatic heterocycles. The Kier molecular flexibility index (Phi) is 3.14. The van der Waals surface area contributed by atoms with Gasteiger partial charge in [-0.25, -0.2) is 0 Å². The van der Waals surface area contributed by atoms with Crippen LogP contribution < -0.4 is 16.2 Å². The zero-order valence-corrected chi connectivity index (χ0v) is 13.9. The fraction of sp³-hybridized carbons (Fsp3) is 0.0833. The first-order valence-electron chi connectivity index (χ1n) is 8.78. The third kappa shape index (κ3) is 2.16. The Balaban J connectivity index is 1.88. The summed E-state index contributed by atoms with van der Waals surface area (Å²) in [6.45, 7) is 0. The molecule has 2 aliphatic carbocycles. The minimum atomic E-state index is 0.334. The molecule has 0 heterocycles. The van der Waals surface area contributed by atoms with Crippen LogP contribution in [0.5, 0.6) is 0 Å². The maximum Gasteiger partial charge on any atom is 0.0432 e. The largest absolute Gasteiger partial charge is 0.398 e. The molecule has 25 heavy (non-hydrogen) atoms. The summed E-state index contributed by atoms with van der Waals surface area (Å²) in [4.78, 5) is 0. The average Bonchev–Trinajstić information content (AvgIpc) is 2.68. The second-order valence-electron chi connectivity index (χ2n) is 6.77. The Bertz CT molecular complexity index is 1180. The average molecular weight is 321 g/mol. The zero-order valence-electron chi connectivity index (χ0n) is 13.9. The van der Waals surface area contributed by atoms with Crippen molar-refractivity contribution in [3.63, 3.8) is 0 Å². The van der Waals surface area contributed by atoms with Gasteiger partial charge in [-0.3, -0.25) is 0 Å². The second-order valence-corrected chi connectivity index (χ2v) is 6.77. The van der Waals surface area contributed by atoms with Crippen molar-refractivity contribution in [2.75, 3.05) is 0 Å². The summed E-state index contributed by atoms with van der Waals surface area (Å²) in [5, 5.41) is 4.99. The lowest BCUT2D eigenvalue weighted by Crippen LogP contribution is -2.39. The molecule has 2 N–H and O–H groups in total. The molecule has 2 aliphatic rings. The first kappa shape index (κ1) is 14.3. The van der Waals surface area contributed by atoms with E-state index in [1.807, 2.05) is 0 Å². The van der Waals surface area contributed by atoms with E-state index in [4.69, 9.17) is 5.73 Å². The van der Waals surface area contributed by atoms with Gasteiger partial charge in [0.25, 0.3) is 0 Å². The summed E-state index contributed by atoms with van der Waals surface area (Å²) >= 11 is 0. The van der Waals surface area contributed by atoms with Crippen molar-refractivity contribution in [1.29, 1.82) is 0 Å². The molecule has 3 aromatic rings. The van der Waals surface area contributed by atoms with Gasteiger partial charge >= 0.3 is 0 Å². The van der Waals surface area contributed by atoms with Gasteiger partial charge in [-0.1, -0.05) is 78.9 Å². The molecule has 5 rings (SSSR count). The van der Waals surface area contributed by atoms with Crippen LogP contribution in [0.1, 0.15) is 12.0 Å². The lowest BCUT2D eigenvalue weighted by atomic mass is 9.76. The highest BCUT2D eigenvalue weighted by Gasteiger charge is 2.27. The third-order valence-corrected chi connectivity index (χ3v) is 5.39. The summed E-state index contributed by atoms with van der Waals surface area (Å²) in [5.41, 5.74) is 11.4. The molecule has 1 unspecified atom stereocenters. The first-order valence-corrected chi connectivity index (χ1v) is 8.78. The topological polar surface area (TPSA) is 26.0 Å². The van der Waals surface area contributed by atoms with Gasteiger partial charge in [-0.05, 0) is 45.2 Å². The number of benzene rings is 3. The molecular weight excluding hydrogens is 302 g/mol. The molecule has 3 aromatic carbocycles. The van der Waals surface area contributed by atoms with E-state index >= 15 is 0 Å². The minimum Gasteiger partial charge on any atom is -0.398 e. The second kappa shape index (κ2) is 5.49. The standard InChI is InChI=1S/C24H19N/c25-24-21-11-5-3-9-19(21)23(20-10-4-6-12-22(20)24)18-14-13-16-7-1-2-8-17(16)15-18/h1-9,11-15,20H,10,25H2. The highest BCUT2D eigenvalue weighted by molar-refractivity contribution is 5.88. The van der Waals surface area contributed by atoms with Gasteiger partial charge in [0.1, 0.15) is 0 Å². The maximum atomic E-state index is 6.53. The molecule has 1 heteroatoms. The first-order chi connectivity index (χ1) is 12.3. The van der Waals surface area contributed by atoms with Crippen LogP contribution in [0.25, 0.3) is 22.0 Å². The molecular formula is C24H19N. The molecule has 0 aliphatic heterocycles. The van der Waals surface area contributed by atoms with E-state index in [0.29, 0.717) is 5.92 Å². The highest BCUT2D eigenvalue weighted by Crippen LogP contribution is 2.37. The summed E-state index contributed by atoms with van der Waals surface area (Å²) in [6.07, 6.45) is 7.56. The number of fused-ring (bicyclic) bond motifs is 3. The Labute approximate surface area is 147 Å². The normalized spacial score (nSPS) is 18.7. The van der Waals surface area contributed by atoms with E-state index in [9.17, 15) is 0 Å². The molecule has 0 radical (unpaired) electrons. The smallest absolute Gasteiger partial charge is 0.0432 e. The Morgan fingerprint density at radius 3 is 2.44 bits per heavy atom. The highest BCUT2D eigenvalue weighted by atomic mass is 14.6. The number of allylic oxidation sites excluding steroid dienone is 3. The van der Waals surface area contributed by atoms with Crippen molar-refractivity contribution in [1.82, 2.24) is 0 Å². The van der Waals surface area contributed by atoms with E-state index < -0.39 is 0 Å². The van der Waals surface area contributed by atoms with Crippen LogP contribution >= 0.6 is 0 Å². The lowest BCUT2D eigenvalue weighted by Gasteiger charge is -2.29. The third-order valence-electron chi connectivity index (χ3n) is 5.39. The van der Waals surface area contributed by atoms with Crippen LogP contribution in [0.2, 0.25) is 0 Å². The summed E-state index contributed by atoms with van der Waals surface area (Å²) in [7, 11) is 0. The maximum absolute atomic E-state index is 6.53. The predicted octanol–water partition coefficient (Wildman–Crippen LogP) is 3.62. The van der Waals surface area contributed by atoms with Gasteiger partial charge in [-0.2, -0.15) is 0 Å². The SMILES string of the molecule is NC1=c2ccccc2=C(c2ccc3ccccc3c2)C2CC=CC=C12. The predicted molar refractivity (Wildman–Crippen MR) is 105 cm³/mol. The monoisotopic (exact) mass is 321 g/mol. The Morgan fingerprint density at radius 2 is 1.56 bits per heavy atom. The van der Waals surface area contributed by atoms with Crippen LogP contribution in [0.4, 0.5) is 0 Å². The van der Waals surface area contributed by atoms with Crippen molar-refractivity contribution >= 4 is 22.0 Å². The van der Waals surface area contributed by atoms with E-state index in [1.54, 1.807) is 0 Å². The van der Waals surface area contributed by atoms with Crippen LogP contribution in [0.3, 0.4) is 0 Å². The number of nitrogens with two attached hydrogens (primary N) is 1. The van der Waals surface area contributed by atoms with Crippen molar-refractivity contribution in [3.05, 3.63) is 107 Å². The van der Waals surface area contributed by atoms with Crippen LogP contribution in [-0.4, -0.2) is 0 Å². The molecule has 0 bridgehead atoms. The number of hydrogen-bond donors (Lipinski definition) is 1. The van der Waals surface area contributed by atoms with Gasteiger partial charge in [-0.15, -0.1) is 0 Å². The molecule has 1 nitrogen and oxygen atoms in total. The van der Waals surface area contributed by atoms with E-state index in [-0.39, 0.29) is 0 Å². The zero-order chi connectivity index (χ0) is 16.8. The summed E-state index contributed by atoms with van der Waals surface area (Å²) in [6, 6.07) is 23.9. The van der Waals surface area contributed by atoms with Crippen molar-refractivity contribution < 1.29 is 0 Å². The van der Waals surface area contributed by atoms with E-state index in [1.165, 1.54) is 32.7 Å². The number of rotatable bonds is 1. The lowest BCUT2D eigenvalue weighted by molar-refractivity contribution is 0.794. The van der Waals surface area contributed by atoms with Gasteiger partial charge in [0.2, 0.25) is 0 Å². The van der Waals surface area contributed by atoms with Crippen molar-refractivity contribution in [3.8, 4) is 0 Å². The Morgan fingerprint density at radius 1 is 0.800 bits per heavy atom. The molecule has 120 valence electrons. The van der Waals surface area contributed by atoms with Gasteiger partial charge in [0.05, 0.1) is 0 Å². The molecule has 0 spiro atoms. The van der Waals surface area contributed by atoms with Gasteiger partial charge in [0.15, 0.2) is 0 Å². The Hall–Kier alpha value is -3.06. The van der Waals surface area contributed by atoms with Crippen molar-refractivity contribution in [2.24, 2.45) is 11.7 Å². The fourth-order valence-corrected chi connectivity index (χ4v) is 4.19. The van der Waals surface area contributed by atoms with Crippen LogP contribution in [-0.2, 0) is 0 Å².